The Kier molecular flexibility index (Phi) is 4.16. The Hall–Kier alpha value is -3.48. The van der Waals surface area contributed by atoms with Crippen LogP contribution in [0.15, 0.2) is 60.8 Å². The first-order valence-electron chi connectivity index (χ1n) is 9.82. The van der Waals surface area contributed by atoms with Crippen molar-refractivity contribution in [2.24, 2.45) is 0 Å². The van der Waals surface area contributed by atoms with Crippen molar-refractivity contribution in [3.05, 3.63) is 77.6 Å². The molecule has 3 aromatic rings. The molecule has 7 nitrogen and oxygen atoms in total. The van der Waals surface area contributed by atoms with Crippen LogP contribution in [0, 0.1) is 0 Å². The zero-order valence-electron chi connectivity index (χ0n) is 15.8. The van der Waals surface area contributed by atoms with Gasteiger partial charge in [0.25, 0.3) is 5.91 Å². The van der Waals surface area contributed by atoms with Gasteiger partial charge < -0.3 is 10.2 Å². The van der Waals surface area contributed by atoms with Crippen molar-refractivity contribution >= 4 is 17.5 Å². The zero-order chi connectivity index (χ0) is 19.8. The fourth-order valence-corrected chi connectivity index (χ4v) is 4.85. The molecular weight excluding hydrogens is 366 g/mol. The molecule has 2 aliphatic heterocycles. The average Bonchev–Trinajstić information content (AvgIpc) is 3.47. The maximum absolute atomic E-state index is 13.2. The number of likely N-dealkylation sites (tertiary alicyclic amines) is 1. The number of para-hydroxylation sites is 1. The molecule has 146 valence electrons. The highest BCUT2D eigenvalue weighted by Crippen LogP contribution is 2.49. The first-order chi connectivity index (χ1) is 14.2. The maximum atomic E-state index is 13.2. The summed E-state index contributed by atoms with van der Waals surface area (Å²) in [5.74, 6) is -0.210. The molecule has 1 saturated heterocycles. The Labute approximate surface area is 168 Å². The van der Waals surface area contributed by atoms with Crippen molar-refractivity contribution in [2.75, 3.05) is 11.9 Å². The third-order valence-corrected chi connectivity index (χ3v) is 6.20. The minimum atomic E-state index is -0.731. The van der Waals surface area contributed by atoms with Crippen LogP contribution in [0.25, 0.3) is 0 Å². The first-order valence-corrected chi connectivity index (χ1v) is 9.82. The van der Waals surface area contributed by atoms with Crippen LogP contribution in [0.5, 0.6) is 0 Å². The standard InChI is InChI=1S/C22H21N5O2/c28-20(18-14-23-26-25-18)27-13-12-22(16-8-4-5-9-17(16)24-21(22)29)19(27)11-10-15-6-2-1-3-7-15/h1-9,14,19H,10-13H2,(H,24,29)(H,23,25,26)/t19-,22+/m0/s1. The Morgan fingerprint density at radius 3 is 2.72 bits per heavy atom. The molecular formula is C22H21N5O2. The molecule has 1 fully saturated rings. The molecule has 1 aromatic heterocycles. The predicted molar refractivity (Wildman–Crippen MR) is 107 cm³/mol. The summed E-state index contributed by atoms with van der Waals surface area (Å²) in [6.45, 7) is 0.507. The van der Waals surface area contributed by atoms with Crippen molar-refractivity contribution in [3.8, 4) is 0 Å². The van der Waals surface area contributed by atoms with Crippen LogP contribution in [-0.2, 0) is 16.6 Å². The fourth-order valence-electron chi connectivity index (χ4n) is 4.85. The van der Waals surface area contributed by atoms with Gasteiger partial charge in [0, 0.05) is 12.2 Å². The van der Waals surface area contributed by atoms with Crippen molar-refractivity contribution in [2.45, 2.75) is 30.7 Å². The summed E-state index contributed by atoms with van der Waals surface area (Å²) < 4.78 is 0. The molecule has 29 heavy (non-hydrogen) atoms. The van der Waals surface area contributed by atoms with Gasteiger partial charge in [0.05, 0.1) is 17.7 Å². The number of carbonyl (C=O) groups excluding carboxylic acids is 2. The van der Waals surface area contributed by atoms with E-state index >= 15 is 0 Å². The third kappa shape index (κ3) is 2.73. The van der Waals surface area contributed by atoms with Gasteiger partial charge in [-0.05, 0) is 36.5 Å². The molecule has 5 rings (SSSR count). The fraction of sp³-hybridized carbons (Fsp3) is 0.273. The second-order valence-electron chi connectivity index (χ2n) is 7.61. The summed E-state index contributed by atoms with van der Waals surface area (Å²) in [7, 11) is 0. The number of aromatic nitrogens is 3. The number of anilines is 1. The van der Waals surface area contributed by atoms with Crippen LogP contribution in [0.1, 0.15) is 34.5 Å². The summed E-state index contributed by atoms with van der Waals surface area (Å²) in [6.07, 6.45) is 3.50. The number of amides is 2. The molecule has 2 aliphatic rings. The topological polar surface area (TPSA) is 91.0 Å². The third-order valence-electron chi connectivity index (χ3n) is 6.20. The predicted octanol–water partition coefficient (Wildman–Crippen LogP) is 2.54. The van der Waals surface area contributed by atoms with E-state index in [-0.39, 0.29) is 23.6 Å². The second-order valence-corrected chi connectivity index (χ2v) is 7.61. The van der Waals surface area contributed by atoms with Crippen molar-refractivity contribution in [1.82, 2.24) is 20.3 Å². The van der Waals surface area contributed by atoms with E-state index in [1.165, 1.54) is 11.8 Å². The highest BCUT2D eigenvalue weighted by atomic mass is 16.2. The number of H-pyrrole nitrogens is 1. The summed E-state index contributed by atoms with van der Waals surface area (Å²) in [5, 5.41) is 13.3. The van der Waals surface area contributed by atoms with Gasteiger partial charge in [-0.2, -0.15) is 15.4 Å². The molecule has 2 amide bonds. The molecule has 0 aliphatic carbocycles. The lowest BCUT2D eigenvalue weighted by Gasteiger charge is -2.34. The van der Waals surface area contributed by atoms with E-state index in [0.717, 1.165) is 17.7 Å². The lowest BCUT2D eigenvalue weighted by molar-refractivity contribution is -0.121. The molecule has 0 unspecified atom stereocenters. The van der Waals surface area contributed by atoms with Crippen molar-refractivity contribution in [1.29, 1.82) is 0 Å². The number of nitrogens with zero attached hydrogens (tertiary/aromatic N) is 3. The normalized spacial score (nSPS) is 22.7. The Morgan fingerprint density at radius 2 is 1.93 bits per heavy atom. The number of rotatable bonds is 4. The lowest BCUT2D eigenvalue weighted by Crippen LogP contribution is -2.49. The molecule has 3 heterocycles. The number of benzene rings is 2. The van der Waals surface area contributed by atoms with Gasteiger partial charge in [0.1, 0.15) is 0 Å². The number of aryl methyl sites for hydroxylation is 1. The van der Waals surface area contributed by atoms with E-state index in [4.69, 9.17) is 0 Å². The zero-order valence-corrected chi connectivity index (χ0v) is 15.8. The Morgan fingerprint density at radius 1 is 1.14 bits per heavy atom. The van der Waals surface area contributed by atoms with E-state index in [2.05, 4.69) is 32.9 Å². The van der Waals surface area contributed by atoms with Crippen LogP contribution < -0.4 is 5.32 Å². The van der Waals surface area contributed by atoms with Crippen LogP contribution >= 0.6 is 0 Å². The van der Waals surface area contributed by atoms with E-state index in [1.807, 2.05) is 47.4 Å². The molecule has 0 bridgehead atoms. The number of nitrogens with one attached hydrogen (secondary N) is 2. The van der Waals surface area contributed by atoms with Gasteiger partial charge in [0.2, 0.25) is 5.91 Å². The Balaban J connectivity index is 1.54. The average molecular weight is 387 g/mol. The monoisotopic (exact) mass is 387 g/mol. The Bertz CT molecular complexity index is 1050. The van der Waals surface area contributed by atoms with Gasteiger partial charge in [-0.3, -0.25) is 9.59 Å². The summed E-state index contributed by atoms with van der Waals surface area (Å²) in [5.41, 5.74) is 2.56. The second kappa shape index (κ2) is 6.84. The van der Waals surface area contributed by atoms with Gasteiger partial charge in [-0.15, -0.1) is 0 Å². The van der Waals surface area contributed by atoms with Crippen molar-refractivity contribution < 1.29 is 9.59 Å². The van der Waals surface area contributed by atoms with Crippen LogP contribution in [0.3, 0.4) is 0 Å². The summed E-state index contributed by atoms with van der Waals surface area (Å²) in [6, 6.07) is 17.7. The largest absolute Gasteiger partial charge is 0.333 e. The minimum absolute atomic E-state index is 0.0211. The maximum Gasteiger partial charge on any atom is 0.276 e. The summed E-state index contributed by atoms with van der Waals surface area (Å²) in [4.78, 5) is 28.2. The molecule has 7 heteroatoms. The van der Waals surface area contributed by atoms with E-state index in [9.17, 15) is 9.59 Å². The molecule has 0 radical (unpaired) electrons. The van der Waals surface area contributed by atoms with Gasteiger partial charge in [-0.1, -0.05) is 48.5 Å². The van der Waals surface area contributed by atoms with Crippen LogP contribution in [0.2, 0.25) is 0 Å². The number of carbonyl (C=O) groups is 2. The van der Waals surface area contributed by atoms with Crippen molar-refractivity contribution in [3.63, 3.8) is 0 Å². The SMILES string of the molecule is O=C(c1cn[nH]n1)N1CC[C@]2(C(=O)Nc3ccccc32)[C@@H]1CCc1ccccc1. The van der Waals surface area contributed by atoms with Crippen LogP contribution in [0.4, 0.5) is 5.69 Å². The molecule has 2 aromatic carbocycles. The van der Waals surface area contributed by atoms with Gasteiger partial charge in [0.15, 0.2) is 5.69 Å². The number of hydrogen-bond donors (Lipinski definition) is 2. The smallest absolute Gasteiger partial charge is 0.276 e. The van der Waals surface area contributed by atoms with E-state index in [0.29, 0.717) is 19.4 Å². The highest BCUT2D eigenvalue weighted by Gasteiger charge is 2.58. The van der Waals surface area contributed by atoms with E-state index < -0.39 is 5.41 Å². The lowest BCUT2D eigenvalue weighted by atomic mass is 9.73. The number of fused-ring (bicyclic) bond motifs is 2. The van der Waals surface area contributed by atoms with Gasteiger partial charge in [-0.25, -0.2) is 0 Å². The molecule has 2 N–H and O–H groups in total. The van der Waals surface area contributed by atoms with Gasteiger partial charge >= 0.3 is 0 Å². The first kappa shape index (κ1) is 17.6. The number of aromatic amines is 1. The van der Waals surface area contributed by atoms with E-state index in [1.54, 1.807) is 0 Å². The molecule has 1 spiro atoms. The quantitative estimate of drug-likeness (QED) is 0.720. The molecule has 0 saturated carbocycles. The minimum Gasteiger partial charge on any atom is -0.333 e. The highest BCUT2D eigenvalue weighted by molar-refractivity contribution is 6.08. The van der Waals surface area contributed by atoms with Crippen LogP contribution in [-0.4, -0.2) is 44.7 Å². The summed E-state index contributed by atoms with van der Waals surface area (Å²) >= 11 is 0. The number of hydrogen-bond acceptors (Lipinski definition) is 4. The molecule has 2 atom stereocenters.